The lowest BCUT2D eigenvalue weighted by Gasteiger charge is -2.19. The van der Waals surface area contributed by atoms with Crippen LogP contribution in [-0.4, -0.2) is 55.4 Å². The first-order valence-electron chi connectivity index (χ1n) is 13.5. The first-order valence-corrected chi connectivity index (χ1v) is 13.5. The summed E-state index contributed by atoms with van der Waals surface area (Å²) in [4.78, 5) is 53.4. The lowest BCUT2D eigenvalue weighted by molar-refractivity contribution is 0.0624. The molecule has 4 aromatic rings. The molecule has 0 bridgehead atoms. The van der Waals surface area contributed by atoms with Crippen molar-refractivity contribution in [3.63, 3.8) is 0 Å². The lowest BCUT2D eigenvalue weighted by atomic mass is 10.2. The van der Waals surface area contributed by atoms with Crippen molar-refractivity contribution in [1.29, 1.82) is 0 Å². The minimum Gasteiger partial charge on any atom is -0.444 e. The average Bonchev–Trinajstić information content (AvgIpc) is 3.64. The molecule has 0 aliphatic heterocycles. The fraction of sp³-hybridized carbons (Fsp3) is 0.267. The van der Waals surface area contributed by atoms with E-state index in [-0.39, 0.29) is 11.8 Å². The van der Waals surface area contributed by atoms with Crippen molar-refractivity contribution >= 4 is 46.8 Å². The number of H-pyrrole nitrogens is 2. The zero-order valence-electron chi connectivity index (χ0n) is 25.3. The molecule has 0 aliphatic rings. The number of imidazole rings is 1. The highest BCUT2D eigenvalue weighted by molar-refractivity contribution is 6.04. The number of aromatic nitrogens is 4. The fourth-order valence-electron chi connectivity index (χ4n) is 3.27. The third-order valence-corrected chi connectivity index (χ3v) is 5.08. The third kappa shape index (κ3) is 11.7. The summed E-state index contributed by atoms with van der Waals surface area (Å²) in [5, 5.41) is 17.0. The van der Waals surface area contributed by atoms with Crippen molar-refractivity contribution < 1.29 is 28.7 Å². The van der Waals surface area contributed by atoms with Crippen LogP contribution in [0.25, 0.3) is 0 Å². The van der Waals surface area contributed by atoms with Gasteiger partial charge in [-0.25, -0.2) is 14.6 Å². The third-order valence-electron chi connectivity index (χ3n) is 5.08. The molecule has 44 heavy (non-hydrogen) atoms. The monoisotopic (exact) mass is 604 g/mol. The topological polar surface area (TPSA) is 192 Å². The Hall–Kier alpha value is -5.66. The quantitative estimate of drug-likeness (QED) is 0.154. The van der Waals surface area contributed by atoms with E-state index in [2.05, 4.69) is 41.4 Å². The molecule has 2 aromatic heterocycles. The molecule has 6 N–H and O–H groups in total. The number of aromatic amines is 2. The zero-order chi connectivity index (χ0) is 32.3. The maximum atomic E-state index is 11.8. The number of ether oxygens (including phenoxy) is 2. The Balaban J connectivity index is 0.000000240. The number of anilines is 4. The van der Waals surface area contributed by atoms with Crippen LogP contribution in [0.15, 0.2) is 73.4 Å². The van der Waals surface area contributed by atoms with Crippen molar-refractivity contribution in [2.24, 2.45) is 0 Å². The van der Waals surface area contributed by atoms with Crippen molar-refractivity contribution in [2.45, 2.75) is 52.7 Å². The molecule has 4 rings (SSSR count). The Kier molecular flexibility index (Phi) is 10.8. The van der Waals surface area contributed by atoms with Gasteiger partial charge in [0.05, 0.1) is 24.3 Å². The van der Waals surface area contributed by atoms with E-state index in [4.69, 9.17) is 9.47 Å². The van der Waals surface area contributed by atoms with E-state index >= 15 is 0 Å². The molecule has 14 nitrogen and oxygen atoms in total. The molecule has 232 valence electrons. The van der Waals surface area contributed by atoms with Crippen LogP contribution in [0.2, 0.25) is 0 Å². The number of benzene rings is 2. The van der Waals surface area contributed by atoms with Crippen LogP contribution in [-0.2, 0) is 9.47 Å². The van der Waals surface area contributed by atoms with Crippen molar-refractivity contribution in [2.75, 3.05) is 21.3 Å². The van der Waals surface area contributed by atoms with Gasteiger partial charge in [-0.15, -0.1) is 0 Å². The minimum absolute atomic E-state index is 0.262. The smallest absolute Gasteiger partial charge is 0.412 e. The van der Waals surface area contributed by atoms with Gasteiger partial charge in [0.25, 0.3) is 11.8 Å². The predicted octanol–water partition coefficient (Wildman–Crippen LogP) is 6.02. The molecule has 14 heteroatoms. The summed E-state index contributed by atoms with van der Waals surface area (Å²) in [6, 6.07) is 13.4. The molecule has 2 aromatic carbocycles. The zero-order valence-corrected chi connectivity index (χ0v) is 25.3. The van der Waals surface area contributed by atoms with Crippen LogP contribution in [0.4, 0.5) is 32.3 Å². The molecular formula is C30H36N8O6. The maximum absolute atomic E-state index is 11.8. The van der Waals surface area contributed by atoms with Gasteiger partial charge in [0.2, 0.25) is 0 Å². The number of nitrogens with one attached hydrogen (secondary N) is 6. The van der Waals surface area contributed by atoms with Gasteiger partial charge >= 0.3 is 12.2 Å². The molecule has 0 radical (unpaired) electrons. The number of hydrogen-bond acceptors (Lipinski definition) is 8. The second-order valence-electron chi connectivity index (χ2n) is 11.3. The summed E-state index contributed by atoms with van der Waals surface area (Å²) in [7, 11) is 0. The highest BCUT2D eigenvalue weighted by atomic mass is 16.6. The van der Waals surface area contributed by atoms with Crippen LogP contribution >= 0.6 is 0 Å². The van der Waals surface area contributed by atoms with Crippen molar-refractivity contribution in [3.8, 4) is 0 Å². The van der Waals surface area contributed by atoms with E-state index in [9.17, 15) is 19.2 Å². The Labute approximate surface area is 254 Å². The molecule has 0 unspecified atom stereocenters. The number of amides is 4. The van der Waals surface area contributed by atoms with Gasteiger partial charge in [0.1, 0.15) is 16.9 Å². The molecule has 0 atom stereocenters. The van der Waals surface area contributed by atoms with Gasteiger partial charge in [-0.2, -0.15) is 5.10 Å². The van der Waals surface area contributed by atoms with E-state index in [1.54, 1.807) is 90.1 Å². The van der Waals surface area contributed by atoms with Crippen LogP contribution in [0.1, 0.15) is 62.4 Å². The minimum atomic E-state index is -0.553. The Morgan fingerprint density at radius 3 is 1.43 bits per heavy atom. The molecule has 2 heterocycles. The number of rotatable bonds is 6. The Morgan fingerprint density at radius 1 is 0.636 bits per heavy atom. The van der Waals surface area contributed by atoms with Gasteiger partial charge in [-0.1, -0.05) is 0 Å². The first-order chi connectivity index (χ1) is 20.7. The lowest BCUT2D eigenvalue weighted by Crippen LogP contribution is -2.27. The summed E-state index contributed by atoms with van der Waals surface area (Å²) in [5.74, 6) is -0.549. The van der Waals surface area contributed by atoms with E-state index in [0.29, 0.717) is 34.0 Å². The Bertz CT molecular complexity index is 1400. The largest absolute Gasteiger partial charge is 0.444 e. The standard InChI is InChI=1S/2C15H18N4O3/c1-15(2,3)22-14(21)19-12-6-4-11(5-7-12)18-13(20)10-8-16-17-9-10;1-15(2,3)22-14(21)19-11-6-4-10(5-7-11)18-13(20)12-8-16-9-17-12/h2*4-9H,1-3H3,(H,16,17)(H,18,20)(H,19,21). The summed E-state index contributed by atoms with van der Waals surface area (Å²) in [6.45, 7) is 10.8. The van der Waals surface area contributed by atoms with Crippen molar-refractivity contribution in [1.82, 2.24) is 20.2 Å². The summed E-state index contributed by atoms with van der Waals surface area (Å²) >= 11 is 0. The second-order valence-corrected chi connectivity index (χ2v) is 11.3. The van der Waals surface area contributed by atoms with Gasteiger partial charge in [-0.3, -0.25) is 25.3 Å². The number of carbonyl (C=O) groups excluding carboxylic acids is 4. The highest BCUT2D eigenvalue weighted by Gasteiger charge is 2.17. The van der Waals surface area contributed by atoms with Gasteiger partial charge in [-0.05, 0) is 90.1 Å². The molecule has 4 amide bonds. The molecule has 0 saturated carbocycles. The van der Waals surface area contributed by atoms with Crippen LogP contribution in [0.3, 0.4) is 0 Å². The fourth-order valence-corrected chi connectivity index (χ4v) is 3.27. The van der Waals surface area contributed by atoms with E-state index in [1.807, 2.05) is 0 Å². The molecule has 0 fully saturated rings. The van der Waals surface area contributed by atoms with E-state index < -0.39 is 23.4 Å². The molecule has 0 saturated heterocycles. The van der Waals surface area contributed by atoms with Crippen LogP contribution in [0, 0.1) is 0 Å². The average molecular weight is 605 g/mol. The number of nitrogens with zero attached hydrogens (tertiary/aromatic N) is 2. The van der Waals surface area contributed by atoms with Gasteiger partial charge < -0.3 is 25.1 Å². The van der Waals surface area contributed by atoms with E-state index in [1.165, 1.54) is 24.9 Å². The first kappa shape index (κ1) is 32.8. The van der Waals surface area contributed by atoms with Crippen LogP contribution < -0.4 is 21.3 Å². The summed E-state index contributed by atoms with van der Waals surface area (Å²) in [5.41, 5.74) is 2.08. The highest BCUT2D eigenvalue weighted by Crippen LogP contribution is 2.17. The summed E-state index contributed by atoms with van der Waals surface area (Å²) in [6.07, 6.45) is 4.77. The molecular weight excluding hydrogens is 568 g/mol. The predicted molar refractivity (Wildman–Crippen MR) is 166 cm³/mol. The van der Waals surface area contributed by atoms with Gasteiger partial charge in [0, 0.05) is 28.9 Å². The number of hydrogen-bond donors (Lipinski definition) is 6. The second kappa shape index (κ2) is 14.5. The summed E-state index contributed by atoms with van der Waals surface area (Å²) < 4.78 is 10.3. The van der Waals surface area contributed by atoms with E-state index in [0.717, 1.165) is 0 Å². The normalized spacial score (nSPS) is 10.9. The van der Waals surface area contributed by atoms with Crippen molar-refractivity contribution in [3.05, 3.63) is 84.7 Å². The van der Waals surface area contributed by atoms with Gasteiger partial charge in [0.15, 0.2) is 0 Å². The Morgan fingerprint density at radius 2 is 1.07 bits per heavy atom. The molecule has 0 spiro atoms. The number of carbonyl (C=O) groups is 4. The molecule has 0 aliphatic carbocycles. The SMILES string of the molecule is CC(C)(C)OC(=O)Nc1ccc(NC(=O)c2cn[nH]c2)cc1.CC(C)(C)OC(=O)Nc1ccc(NC(=O)c2cnc[nH]2)cc1. The van der Waals surface area contributed by atoms with Crippen LogP contribution in [0.5, 0.6) is 0 Å². The maximum Gasteiger partial charge on any atom is 0.412 e.